The normalized spacial score (nSPS) is 19.5. The van der Waals surface area contributed by atoms with E-state index in [1.165, 1.54) is 0 Å². The summed E-state index contributed by atoms with van der Waals surface area (Å²) in [5.41, 5.74) is 2.11. The number of rotatable bonds is 7. The van der Waals surface area contributed by atoms with E-state index in [-0.39, 0.29) is 6.42 Å². The van der Waals surface area contributed by atoms with Gasteiger partial charge in [0, 0.05) is 6.42 Å². The van der Waals surface area contributed by atoms with Gasteiger partial charge in [-0.25, -0.2) is 4.79 Å². The Kier molecular flexibility index (Phi) is 7.53. The van der Waals surface area contributed by atoms with Gasteiger partial charge in [-0.1, -0.05) is 54.6 Å². The zero-order chi connectivity index (χ0) is 23.3. The summed E-state index contributed by atoms with van der Waals surface area (Å²) in [5.74, 6) is -0.401. The Morgan fingerprint density at radius 1 is 1.09 bits per heavy atom. The van der Waals surface area contributed by atoms with Gasteiger partial charge >= 0.3 is 6.09 Å². The standard InChI is InChI=1S/C25H32N2O5/c1-25(2,3)32-24(31)26-19(13-16-9-5-4-6-10-16)20(28)15-22(30)27-23-18-12-8-7-11-17(18)14-21(23)29/h4-12,19-21,23,28-29H,13-15H2,1-3H3,(H,26,31)(H,27,30)/t19-,20-,21+,23?/m0/s1. The predicted octanol–water partition coefficient (Wildman–Crippen LogP) is 2.65. The third-order valence-corrected chi connectivity index (χ3v) is 5.38. The molecule has 3 rings (SSSR count). The lowest BCUT2D eigenvalue weighted by atomic mass is 9.98. The maximum absolute atomic E-state index is 12.7. The van der Waals surface area contributed by atoms with Gasteiger partial charge in [0.25, 0.3) is 0 Å². The smallest absolute Gasteiger partial charge is 0.407 e. The summed E-state index contributed by atoms with van der Waals surface area (Å²) in [7, 11) is 0. The van der Waals surface area contributed by atoms with Crippen molar-refractivity contribution in [2.24, 2.45) is 0 Å². The number of benzene rings is 2. The molecule has 0 heterocycles. The highest BCUT2D eigenvalue weighted by molar-refractivity contribution is 5.77. The molecule has 2 amide bonds. The van der Waals surface area contributed by atoms with Crippen molar-refractivity contribution in [3.8, 4) is 0 Å². The van der Waals surface area contributed by atoms with Crippen LogP contribution >= 0.6 is 0 Å². The molecule has 0 bridgehead atoms. The third kappa shape index (κ3) is 6.55. The Balaban J connectivity index is 1.66. The van der Waals surface area contributed by atoms with Crippen molar-refractivity contribution in [1.82, 2.24) is 10.6 Å². The number of hydrogen-bond acceptors (Lipinski definition) is 5. The number of ether oxygens (including phenoxy) is 1. The van der Waals surface area contributed by atoms with Gasteiger partial charge in [-0.2, -0.15) is 0 Å². The summed E-state index contributed by atoms with van der Waals surface area (Å²) in [4.78, 5) is 25.0. The Labute approximate surface area is 188 Å². The van der Waals surface area contributed by atoms with Crippen molar-refractivity contribution in [1.29, 1.82) is 0 Å². The van der Waals surface area contributed by atoms with E-state index in [0.717, 1.165) is 16.7 Å². The van der Waals surface area contributed by atoms with Gasteiger partial charge in [0.1, 0.15) is 5.60 Å². The number of nitrogens with one attached hydrogen (secondary N) is 2. The van der Waals surface area contributed by atoms with Gasteiger partial charge in [-0.15, -0.1) is 0 Å². The second-order valence-electron chi connectivity index (χ2n) is 9.23. The molecule has 0 saturated heterocycles. The van der Waals surface area contributed by atoms with Crippen LogP contribution < -0.4 is 10.6 Å². The van der Waals surface area contributed by atoms with Gasteiger partial charge in [-0.3, -0.25) is 4.79 Å². The molecule has 0 saturated carbocycles. The summed E-state index contributed by atoms with van der Waals surface area (Å²) >= 11 is 0. The van der Waals surface area contributed by atoms with Crippen LogP contribution in [-0.2, 0) is 22.4 Å². The van der Waals surface area contributed by atoms with E-state index in [0.29, 0.717) is 12.8 Å². The highest BCUT2D eigenvalue weighted by atomic mass is 16.6. The fourth-order valence-corrected chi connectivity index (χ4v) is 3.92. The molecule has 2 aromatic rings. The minimum atomic E-state index is -1.14. The topological polar surface area (TPSA) is 108 Å². The van der Waals surface area contributed by atoms with Crippen molar-refractivity contribution in [3.63, 3.8) is 0 Å². The molecule has 32 heavy (non-hydrogen) atoms. The number of carbonyl (C=O) groups is 2. The Morgan fingerprint density at radius 2 is 1.75 bits per heavy atom. The van der Waals surface area contributed by atoms with Crippen LogP contribution in [0.4, 0.5) is 4.79 Å². The lowest BCUT2D eigenvalue weighted by Crippen LogP contribution is -2.48. The fraction of sp³-hybridized carbons (Fsp3) is 0.440. The minimum Gasteiger partial charge on any atom is -0.444 e. The largest absolute Gasteiger partial charge is 0.444 e. The number of amides is 2. The summed E-state index contributed by atoms with van der Waals surface area (Å²) in [6, 6.07) is 15.8. The van der Waals surface area contributed by atoms with Gasteiger partial charge < -0.3 is 25.6 Å². The summed E-state index contributed by atoms with van der Waals surface area (Å²) in [5, 5.41) is 26.7. The van der Waals surface area contributed by atoms with E-state index >= 15 is 0 Å². The van der Waals surface area contributed by atoms with E-state index in [1.807, 2.05) is 54.6 Å². The average Bonchev–Trinajstić information content (AvgIpc) is 3.02. The molecule has 4 atom stereocenters. The molecule has 2 aromatic carbocycles. The van der Waals surface area contributed by atoms with Crippen molar-refractivity contribution in [3.05, 3.63) is 71.3 Å². The van der Waals surface area contributed by atoms with Crippen LogP contribution in [0.1, 0.15) is 49.9 Å². The number of carbonyl (C=O) groups excluding carboxylic acids is 2. The van der Waals surface area contributed by atoms with Crippen molar-refractivity contribution in [2.75, 3.05) is 0 Å². The van der Waals surface area contributed by atoms with Crippen molar-refractivity contribution in [2.45, 2.75) is 69.9 Å². The number of hydrogen-bond donors (Lipinski definition) is 4. The maximum atomic E-state index is 12.7. The number of aliphatic hydroxyl groups excluding tert-OH is 2. The molecule has 7 heteroatoms. The van der Waals surface area contributed by atoms with Crippen LogP contribution in [-0.4, -0.2) is 46.1 Å². The monoisotopic (exact) mass is 440 g/mol. The maximum Gasteiger partial charge on any atom is 0.407 e. The molecule has 0 aliphatic heterocycles. The summed E-state index contributed by atoms with van der Waals surface area (Å²) in [6.45, 7) is 5.27. The zero-order valence-electron chi connectivity index (χ0n) is 18.7. The first-order valence-corrected chi connectivity index (χ1v) is 10.9. The van der Waals surface area contributed by atoms with E-state index in [1.54, 1.807) is 20.8 Å². The molecule has 1 unspecified atom stereocenters. The van der Waals surface area contributed by atoms with Crippen LogP contribution in [0.5, 0.6) is 0 Å². The first-order chi connectivity index (χ1) is 15.1. The van der Waals surface area contributed by atoms with Crippen LogP contribution in [0.15, 0.2) is 54.6 Å². The highest BCUT2D eigenvalue weighted by Crippen LogP contribution is 2.31. The zero-order valence-corrected chi connectivity index (χ0v) is 18.7. The summed E-state index contributed by atoms with van der Waals surface area (Å²) in [6.07, 6.45) is -1.93. The number of fused-ring (bicyclic) bond motifs is 1. The Morgan fingerprint density at radius 3 is 2.44 bits per heavy atom. The Bertz CT molecular complexity index is 925. The van der Waals surface area contributed by atoms with Gasteiger partial charge in [0.05, 0.1) is 30.7 Å². The Hall–Kier alpha value is -2.90. The lowest BCUT2D eigenvalue weighted by molar-refractivity contribution is -0.125. The molecule has 0 radical (unpaired) electrons. The molecule has 0 spiro atoms. The molecule has 7 nitrogen and oxygen atoms in total. The molecule has 172 valence electrons. The van der Waals surface area contributed by atoms with E-state index < -0.39 is 41.9 Å². The van der Waals surface area contributed by atoms with Gasteiger partial charge in [0.15, 0.2) is 0 Å². The SMILES string of the molecule is CC(C)(C)OC(=O)N[C@@H](Cc1ccccc1)[C@@H](O)CC(=O)NC1c2ccccc2C[C@H]1O. The molecule has 1 aliphatic rings. The molecule has 1 aliphatic carbocycles. The van der Waals surface area contributed by atoms with Crippen LogP contribution in [0.25, 0.3) is 0 Å². The van der Waals surface area contributed by atoms with Crippen LogP contribution in [0, 0.1) is 0 Å². The second kappa shape index (κ2) is 10.1. The first kappa shape index (κ1) is 23.8. The van der Waals surface area contributed by atoms with Crippen LogP contribution in [0.3, 0.4) is 0 Å². The molecule has 0 fully saturated rings. The second-order valence-corrected chi connectivity index (χ2v) is 9.23. The van der Waals surface area contributed by atoms with E-state index in [4.69, 9.17) is 4.74 Å². The fourth-order valence-electron chi connectivity index (χ4n) is 3.92. The predicted molar refractivity (Wildman–Crippen MR) is 121 cm³/mol. The van der Waals surface area contributed by atoms with E-state index in [2.05, 4.69) is 10.6 Å². The summed E-state index contributed by atoms with van der Waals surface area (Å²) < 4.78 is 5.33. The van der Waals surface area contributed by atoms with E-state index in [9.17, 15) is 19.8 Å². The molecular formula is C25H32N2O5. The highest BCUT2D eigenvalue weighted by Gasteiger charge is 2.33. The third-order valence-electron chi connectivity index (χ3n) is 5.38. The number of aliphatic hydroxyl groups is 2. The van der Waals surface area contributed by atoms with Crippen molar-refractivity contribution < 1.29 is 24.5 Å². The minimum absolute atomic E-state index is 0.224. The number of alkyl carbamates (subject to hydrolysis) is 1. The molecule has 4 N–H and O–H groups in total. The molecular weight excluding hydrogens is 408 g/mol. The van der Waals surface area contributed by atoms with Gasteiger partial charge in [0.2, 0.25) is 5.91 Å². The van der Waals surface area contributed by atoms with Gasteiger partial charge in [-0.05, 0) is 43.9 Å². The average molecular weight is 441 g/mol. The lowest BCUT2D eigenvalue weighted by Gasteiger charge is -2.27. The quantitative estimate of drug-likeness (QED) is 0.529. The van der Waals surface area contributed by atoms with Crippen LogP contribution in [0.2, 0.25) is 0 Å². The molecule has 0 aromatic heterocycles. The first-order valence-electron chi connectivity index (χ1n) is 10.9. The van der Waals surface area contributed by atoms with Crippen molar-refractivity contribution >= 4 is 12.0 Å².